The molecule has 2 nitrogen and oxygen atoms in total. The van der Waals surface area contributed by atoms with Crippen LogP contribution in [0.3, 0.4) is 0 Å². The highest BCUT2D eigenvalue weighted by molar-refractivity contribution is 5.80. The molecule has 2 heteroatoms. The largest absolute Gasteiger partial charge is 0.330 e. The summed E-state index contributed by atoms with van der Waals surface area (Å²) in [4.78, 5) is 11.2. The van der Waals surface area contributed by atoms with Crippen LogP contribution in [-0.2, 0) is 4.79 Å². The van der Waals surface area contributed by atoms with E-state index in [1.54, 1.807) is 0 Å². The zero-order valence-corrected chi connectivity index (χ0v) is 9.01. The summed E-state index contributed by atoms with van der Waals surface area (Å²) in [6.07, 6.45) is 6.56. The first kappa shape index (κ1) is 12.6. The van der Waals surface area contributed by atoms with Crippen molar-refractivity contribution in [2.75, 3.05) is 6.54 Å². The molecule has 13 heavy (non-hydrogen) atoms. The Morgan fingerprint density at radius 1 is 1.08 bits per heavy atom. The lowest BCUT2D eigenvalue weighted by molar-refractivity contribution is -0.122. The van der Waals surface area contributed by atoms with Gasteiger partial charge in [0.15, 0.2) is 0 Å². The van der Waals surface area contributed by atoms with E-state index >= 15 is 0 Å². The van der Waals surface area contributed by atoms with E-state index in [0.717, 1.165) is 25.8 Å². The van der Waals surface area contributed by atoms with Crippen LogP contribution in [0.25, 0.3) is 0 Å². The molecule has 0 atom stereocenters. The Bertz CT molecular complexity index is 132. The van der Waals surface area contributed by atoms with Gasteiger partial charge in [0.05, 0.1) is 0 Å². The average Bonchev–Trinajstić information content (AvgIpc) is 2.10. The topological polar surface area (TPSA) is 43.1 Å². The molecule has 0 aliphatic heterocycles. The van der Waals surface area contributed by atoms with Crippen molar-refractivity contribution in [2.45, 2.75) is 52.4 Å². The molecule has 2 N–H and O–H groups in total. The molecule has 0 bridgehead atoms. The van der Waals surface area contributed by atoms with Crippen molar-refractivity contribution in [1.82, 2.24) is 0 Å². The summed E-state index contributed by atoms with van der Waals surface area (Å²) in [5, 5.41) is 0. The zero-order chi connectivity index (χ0) is 10.1. The fraction of sp³-hybridized carbons (Fsp3) is 0.909. The SMILES string of the molecule is CC(C)C(=O)CCCCCCCN. The van der Waals surface area contributed by atoms with Crippen LogP contribution >= 0.6 is 0 Å². The van der Waals surface area contributed by atoms with Crippen LogP contribution < -0.4 is 5.73 Å². The summed E-state index contributed by atoms with van der Waals surface area (Å²) in [6.45, 7) is 4.73. The van der Waals surface area contributed by atoms with Crippen molar-refractivity contribution < 1.29 is 4.79 Å². The number of ketones is 1. The molecule has 0 unspecified atom stereocenters. The number of rotatable bonds is 8. The minimum Gasteiger partial charge on any atom is -0.330 e. The molecule has 0 aliphatic rings. The van der Waals surface area contributed by atoms with Gasteiger partial charge in [0.1, 0.15) is 5.78 Å². The molecular weight excluding hydrogens is 162 g/mol. The predicted molar refractivity (Wildman–Crippen MR) is 56.6 cm³/mol. The van der Waals surface area contributed by atoms with Crippen molar-refractivity contribution in [3.63, 3.8) is 0 Å². The maximum absolute atomic E-state index is 11.2. The van der Waals surface area contributed by atoms with Crippen LogP contribution in [-0.4, -0.2) is 12.3 Å². The molecule has 0 aliphatic carbocycles. The van der Waals surface area contributed by atoms with Crippen LogP contribution in [0.15, 0.2) is 0 Å². The van der Waals surface area contributed by atoms with Gasteiger partial charge in [0.2, 0.25) is 0 Å². The zero-order valence-electron chi connectivity index (χ0n) is 9.01. The van der Waals surface area contributed by atoms with E-state index in [9.17, 15) is 4.79 Å². The summed E-state index contributed by atoms with van der Waals surface area (Å²) in [5.41, 5.74) is 5.38. The minimum atomic E-state index is 0.212. The van der Waals surface area contributed by atoms with E-state index in [1.807, 2.05) is 13.8 Å². The van der Waals surface area contributed by atoms with Gasteiger partial charge in [-0.05, 0) is 19.4 Å². The quantitative estimate of drug-likeness (QED) is 0.590. The highest BCUT2D eigenvalue weighted by Crippen LogP contribution is 2.08. The van der Waals surface area contributed by atoms with Crippen LogP contribution in [0.1, 0.15) is 52.4 Å². The Morgan fingerprint density at radius 2 is 1.62 bits per heavy atom. The van der Waals surface area contributed by atoms with E-state index < -0.39 is 0 Å². The second-order valence-corrected chi connectivity index (χ2v) is 3.93. The molecule has 0 heterocycles. The summed E-state index contributed by atoms with van der Waals surface area (Å²) in [6, 6.07) is 0. The van der Waals surface area contributed by atoms with E-state index in [0.29, 0.717) is 5.78 Å². The van der Waals surface area contributed by atoms with Crippen LogP contribution in [0.4, 0.5) is 0 Å². The Labute approximate surface area is 81.9 Å². The Balaban J connectivity index is 3.12. The smallest absolute Gasteiger partial charge is 0.135 e. The number of hydrogen-bond donors (Lipinski definition) is 1. The third-order valence-corrected chi connectivity index (χ3v) is 2.27. The van der Waals surface area contributed by atoms with Gasteiger partial charge in [0.25, 0.3) is 0 Å². The standard InChI is InChI=1S/C11H23NO/c1-10(2)11(13)8-6-4-3-5-7-9-12/h10H,3-9,12H2,1-2H3. The van der Waals surface area contributed by atoms with Gasteiger partial charge in [-0.1, -0.05) is 33.1 Å². The second-order valence-electron chi connectivity index (χ2n) is 3.93. The second kappa shape index (κ2) is 8.24. The van der Waals surface area contributed by atoms with E-state index in [2.05, 4.69) is 0 Å². The molecule has 0 fully saturated rings. The molecule has 0 rings (SSSR count). The van der Waals surface area contributed by atoms with E-state index in [-0.39, 0.29) is 5.92 Å². The van der Waals surface area contributed by atoms with Gasteiger partial charge in [-0.25, -0.2) is 0 Å². The molecule has 0 radical (unpaired) electrons. The first-order valence-corrected chi connectivity index (χ1v) is 5.41. The molecule has 0 aromatic heterocycles. The van der Waals surface area contributed by atoms with Crippen LogP contribution in [0.2, 0.25) is 0 Å². The summed E-state index contributed by atoms with van der Waals surface area (Å²) in [5.74, 6) is 0.614. The lowest BCUT2D eigenvalue weighted by atomic mass is 10.0. The Kier molecular flexibility index (Phi) is 8.00. The lowest BCUT2D eigenvalue weighted by Crippen LogP contribution is -2.06. The predicted octanol–water partition coefficient (Wildman–Crippen LogP) is 2.51. The normalized spacial score (nSPS) is 10.8. The Morgan fingerprint density at radius 3 is 2.15 bits per heavy atom. The van der Waals surface area contributed by atoms with Gasteiger partial charge in [-0.3, -0.25) is 4.79 Å². The van der Waals surface area contributed by atoms with Crippen molar-refractivity contribution in [2.24, 2.45) is 11.7 Å². The average molecular weight is 185 g/mol. The highest BCUT2D eigenvalue weighted by atomic mass is 16.1. The van der Waals surface area contributed by atoms with Gasteiger partial charge >= 0.3 is 0 Å². The molecule has 0 spiro atoms. The minimum absolute atomic E-state index is 0.212. The number of carbonyl (C=O) groups excluding carboxylic acids is 1. The first-order valence-electron chi connectivity index (χ1n) is 5.41. The lowest BCUT2D eigenvalue weighted by Gasteiger charge is -2.03. The van der Waals surface area contributed by atoms with Crippen molar-refractivity contribution >= 4 is 5.78 Å². The van der Waals surface area contributed by atoms with Crippen molar-refractivity contribution in [1.29, 1.82) is 0 Å². The molecule has 78 valence electrons. The maximum Gasteiger partial charge on any atom is 0.135 e. The summed E-state index contributed by atoms with van der Waals surface area (Å²) in [7, 11) is 0. The third-order valence-electron chi connectivity index (χ3n) is 2.27. The van der Waals surface area contributed by atoms with Gasteiger partial charge in [0, 0.05) is 12.3 Å². The monoisotopic (exact) mass is 185 g/mol. The van der Waals surface area contributed by atoms with E-state index in [1.165, 1.54) is 19.3 Å². The first-order chi connectivity index (χ1) is 6.18. The number of Topliss-reactive ketones (excluding diaryl/α,β-unsaturated/α-hetero) is 1. The molecule has 0 saturated heterocycles. The fourth-order valence-electron chi connectivity index (χ4n) is 1.26. The Hall–Kier alpha value is -0.370. The molecular formula is C11H23NO. The van der Waals surface area contributed by atoms with Crippen LogP contribution in [0, 0.1) is 5.92 Å². The molecule has 0 amide bonds. The van der Waals surface area contributed by atoms with Gasteiger partial charge < -0.3 is 5.73 Å². The van der Waals surface area contributed by atoms with Gasteiger partial charge in [-0.15, -0.1) is 0 Å². The third kappa shape index (κ3) is 7.97. The van der Waals surface area contributed by atoms with Crippen LogP contribution in [0.5, 0.6) is 0 Å². The summed E-state index contributed by atoms with van der Waals surface area (Å²) >= 11 is 0. The molecule has 0 saturated carbocycles. The fourth-order valence-corrected chi connectivity index (χ4v) is 1.26. The number of unbranched alkanes of at least 4 members (excludes halogenated alkanes) is 4. The number of nitrogens with two attached hydrogens (primary N) is 1. The summed E-state index contributed by atoms with van der Waals surface area (Å²) < 4.78 is 0. The molecule has 0 aromatic carbocycles. The molecule has 0 aromatic rings. The van der Waals surface area contributed by atoms with Crippen molar-refractivity contribution in [3.8, 4) is 0 Å². The highest BCUT2D eigenvalue weighted by Gasteiger charge is 2.05. The van der Waals surface area contributed by atoms with E-state index in [4.69, 9.17) is 5.73 Å². The number of hydrogen-bond acceptors (Lipinski definition) is 2. The van der Waals surface area contributed by atoms with Crippen molar-refractivity contribution in [3.05, 3.63) is 0 Å². The van der Waals surface area contributed by atoms with Gasteiger partial charge in [-0.2, -0.15) is 0 Å². The maximum atomic E-state index is 11.2. The number of carbonyl (C=O) groups is 1.